The number of nitrogens with zero attached hydrogens (tertiary/aromatic N) is 2. The SMILES string of the molecule is NC(=O)c1cccc(OC(=O)c2cnn(Cc3ccccc3)c2)c1. The Balaban J connectivity index is 1.70. The summed E-state index contributed by atoms with van der Waals surface area (Å²) in [6, 6.07) is 15.9. The lowest BCUT2D eigenvalue weighted by Gasteiger charge is -2.04. The molecule has 3 aromatic rings. The van der Waals surface area contributed by atoms with E-state index in [2.05, 4.69) is 5.10 Å². The minimum atomic E-state index is -0.580. The maximum Gasteiger partial charge on any atom is 0.346 e. The number of nitrogens with two attached hydrogens (primary N) is 1. The van der Waals surface area contributed by atoms with Crippen molar-refractivity contribution >= 4 is 11.9 Å². The van der Waals surface area contributed by atoms with Crippen molar-refractivity contribution in [2.24, 2.45) is 5.73 Å². The van der Waals surface area contributed by atoms with Gasteiger partial charge in [0.05, 0.1) is 18.3 Å². The highest BCUT2D eigenvalue weighted by molar-refractivity contribution is 5.94. The molecule has 0 fully saturated rings. The first kappa shape index (κ1) is 15.5. The van der Waals surface area contributed by atoms with Gasteiger partial charge < -0.3 is 10.5 Å². The molecule has 0 aliphatic rings. The van der Waals surface area contributed by atoms with Gasteiger partial charge in [-0.1, -0.05) is 36.4 Å². The maximum absolute atomic E-state index is 12.2. The van der Waals surface area contributed by atoms with Gasteiger partial charge in [0.15, 0.2) is 0 Å². The summed E-state index contributed by atoms with van der Waals surface area (Å²) in [5, 5.41) is 4.16. The first-order valence-corrected chi connectivity index (χ1v) is 7.30. The van der Waals surface area contributed by atoms with Gasteiger partial charge in [0.1, 0.15) is 5.75 Å². The van der Waals surface area contributed by atoms with Crippen LogP contribution in [-0.2, 0) is 6.54 Å². The minimum absolute atomic E-state index is 0.257. The zero-order valence-electron chi connectivity index (χ0n) is 12.8. The number of amides is 1. The van der Waals surface area contributed by atoms with Crippen molar-refractivity contribution in [1.29, 1.82) is 0 Å². The molecule has 1 heterocycles. The predicted octanol–water partition coefficient (Wildman–Crippen LogP) is 2.25. The van der Waals surface area contributed by atoms with Crippen molar-refractivity contribution in [1.82, 2.24) is 9.78 Å². The minimum Gasteiger partial charge on any atom is -0.423 e. The fourth-order valence-corrected chi connectivity index (χ4v) is 2.20. The summed E-state index contributed by atoms with van der Waals surface area (Å²) < 4.78 is 6.91. The van der Waals surface area contributed by atoms with Crippen LogP contribution in [0.3, 0.4) is 0 Å². The maximum atomic E-state index is 12.2. The van der Waals surface area contributed by atoms with Crippen LogP contribution in [0.15, 0.2) is 67.0 Å². The van der Waals surface area contributed by atoms with Gasteiger partial charge in [-0.15, -0.1) is 0 Å². The van der Waals surface area contributed by atoms with Crippen LogP contribution in [0.5, 0.6) is 5.75 Å². The predicted molar refractivity (Wildman–Crippen MR) is 87.7 cm³/mol. The summed E-state index contributed by atoms with van der Waals surface area (Å²) in [5.74, 6) is -0.869. The van der Waals surface area contributed by atoms with E-state index in [1.165, 1.54) is 12.3 Å². The van der Waals surface area contributed by atoms with Gasteiger partial charge in [0.2, 0.25) is 5.91 Å². The second kappa shape index (κ2) is 6.78. The Hall–Kier alpha value is -3.41. The molecular weight excluding hydrogens is 306 g/mol. The van der Waals surface area contributed by atoms with Crippen molar-refractivity contribution in [2.75, 3.05) is 0 Å². The normalized spacial score (nSPS) is 10.3. The van der Waals surface area contributed by atoms with E-state index in [4.69, 9.17) is 10.5 Å². The summed E-state index contributed by atoms with van der Waals surface area (Å²) in [6.07, 6.45) is 3.07. The summed E-state index contributed by atoms with van der Waals surface area (Å²) in [4.78, 5) is 23.3. The molecule has 120 valence electrons. The highest BCUT2D eigenvalue weighted by atomic mass is 16.5. The van der Waals surface area contributed by atoms with E-state index < -0.39 is 11.9 Å². The number of aromatic nitrogens is 2. The fraction of sp³-hybridized carbons (Fsp3) is 0.0556. The third kappa shape index (κ3) is 3.67. The highest BCUT2D eigenvalue weighted by Crippen LogP contribution is 2.15. The van der Waals surface area contributed by atoms with Gasteiger partial charge in [0.25, 0.3) is 0 Å². The van der Waals surface area contributed by atoms with Crippen LogP contribution in [0.25, 0.3) is 0 Å². The molecule has 2 aromatic carbocycles. The lowest BCUT2D eigenvalue weighted by atomic mass is 10.2. The molecule has 0 atom stereocenters. The van der Waals surface area contributed by atoms with Crippen LogP contribution in [0.4, 0.5) is 0 Å². The van der Waals surface area contributed by atoms with E-state index in [1.807, 2.05) is 30.3 Å². The van der Waals surface area contributed by atoms with Crippen LogP contribution in [-0.4, -0.2) is 21.7 Å². The average molecular weight is 321 g/mol. The third-order valence-corrected chi connectivity index (χ3v) is 3.39. The second-order valence-corrected chi connectivity index (χ2v) is 5.19. The second-order valence-electron chi connectivity index (χ2n) is 5.19. The Labute approximate surface area is 138 Å². The Morgan fingerprint density at radius 2 is 1.83 bits per heavy atom. The number of rotatable bonds is 5. The molecule has 3 rings (SSSR count). The molecule has 2 N–H and O–H groups in total. The van der Waals surface area contributed by atoms with Crippen molar-refractivity contribution in [3.8, 4) is 5.75 Å². The van der Waals surface area contributed by atoms with Crippen LogP contribution >= 0.6 is 0 Å². The molecule has 1 amide bonds. The van der Waals surface area contributed by atoms with Gasteiger partial charge >= 0.3 is 5.97 Å². The zero-order valence-corrected chi connectivity index (χ0v) is 12.8. The molecule has 0 unspecified atom stereocenters. The number of carbonyl (C=O) groups is 2. The molecule has 0 bridgehead atoms. The summed E-state index contributed by atoms with van der Waals surface area (Å²) in [6.45, 7) is 0.561. The zero-order chi connectivity index (χ0) is 16.9. The summed E-state index contributed by atoms with van der Waals surface area (Å²) in [7, 11) is 0. The number of hydrogen-bond donors (Lipinski definition) is 1. The van der Waals surface area contributed by atoms with Crippen molar-refractivity contribution in [3.05, 3.63) is 83.7 Å². The molecule has 1 aromatic heterocycles. The van der Waals surface area contributed by atoms with E-state index in [0.717, 1.165) is 5.56 Å². The standard InChI is InChI=1S/C18H15N3O3/c19-17(22)14-7-4-8-16(9-14)24-18(23)15-10-20-21(12-15)11-13-5-2-1-3-6-13/h1-10,12H,11H2,(H2,19,22). The molecule has 0 spiro atoms. The van der Waals surface area contributed by atoms with E-state index in [1.54, 1.807) is 29.1 Å². The molecule has 0 aliphatic carbocycles. The van der Waals surface area contributed by atoms with Gasteiger partial charge in [-0.05, 0) is 23.8 Å². The van der Waals surface area contributed by atoms with Gasteiger partial charge in [-0.2, -0.15) is 5.10 Å². The molecule has 24 heavy (non-hydrogen) atoms. The van der Waals surface area contributed by atoms with Crippen LogP contribution in [0, 0.1) is 0 Å². The molecule has 0 saturated heterocycles. The van der Waals surface area contributed by atoms with Gasteiger partial charge in [-0.3, -0.25) is 9.48 Å². The van der Waals surface area contributed by atoms with Crippen molar-refractivity contribution in [2.45, 2.75) is 6.54 Å². The van der Waals surface area contributed by atoms with E-state index in [-0.39, 0.29) is 11.3 Å². The lowest BCUT2D eigenvalue weighted by Crippen LogP contribution is -2.12. The number of benzene rings is 2. The topological polar surface area (TPSA) is 87.2 Å². The van der Waals surface area contributed by atoms with Crippen molar-refractivity contribution in [3.63, 3.8) is 0 Å². The number of ether oxygens (including phenoxy) is 1. The molecule has 0 radical (unpaired) electrons. The van der Waals surface area contributed by atoms with E-state index in [0.29, 0.717) is 12.1 Å². The Bertz CT molecular complexity index is 872. The van der Waals surface area contributed by atoms with E-state index >= 15 is 0 Å². The fourth-order valence-electron chi connectivity index (χ4n) is 2.20. The van der Waals surface area contributed by atoms with Crippen LogP contribution in [0.1, 0.15) is 26.3 Å². The number of primary amides is 1. The van der Waals surface area contributed by atoms with E-state index in [9.17, 15) is 9.59 Å². The molecule has 6 heteroatoms. The van der Waals surface area contributed by atoms with Crippen LogP contribution < -0.4 is 10.5 Å². The Morgan fingerprint density at radius 1 is 1.04 bits per heavy atom. The molecular formula is C18H15N3O3. The van der Waals surface area contributed by atoms with Crippen molar-refractivity contribution < 1.29 is 14.3 Å². The molecule has 0 aliphatic heterocycles. The number of hydrogen-bond acceptors (Lipinski definition) is 4. The number of esters is 1. The average Bonchev–Trinajstić information content (AvgIpc) is 3.04. The lowest BCUT2D eigenvalue weighted by molar-refractivity contribution is 0.0733. The largest absolute Gasteiger partial charge is 0.423 e. The Kier molecular flexibility index (Phi) is 4.38. The highest BCUT2D eigenvalue weighted by Gasteiger charge is 2.12. The van der Waals surface area contributed by atoms with Gasteiger partial charge in [-0.25, -0.2) is 4.79 Å². The summed E-state index contributed by atoms with van der Waals surface area (Å²) in [5.41, 5.74) is 6.89. The third-order valence-electron chi connectivity index (χ3n) is 3.39. The molecule has 0 saturated carbocycles. The Morgan fingerprint density at radius 3 is 2.58 bits per heavy atom. The quantitative estimate of drug-likeness (QED) is 0.577. The first-order valence-electron chi connectivity index (χ1n) is 7.30. The smallest absolute Gasteiger partial charge is 0.346 e. The monoisotopic (exact) mass is 321 g/mol. The first-order chi connectivity index (χ1) is 11.6. The number of carbonyl (C=O) groups excluding carboxylic acids is 2. The molecule has 6 nitrogen and oxygen atoms in total. The van der Waals surface area contributed by atoms with Crippen LogP contribution in [0.2, 0.25) is 0 Å². The van der Waals surface area contributed by atoms with Gasteiger partial charge in [0, 0.05) is 11.8 Å². The summed E-state index contributed by atoms with van der Waals surface area (Å²) >= 11 is 0.